The van der Waals surface area contributed by atoms with Gasteiger partial charge >= 0.3 is 0 Å². The lowest BCUT2D eigenvalue weighted by Crippen LogP contribution is -2.42. The van der Waals surface area contributed by atoms with E-state index >= 15 is 0 Å². The lowest BCUT2D eigenvalue weighted by atomic mass is 9.76. The van der Waals surface area contributed by atoms with Gasteiger partial charge in [-0.05, 0) is 36.5 Å². The molecule has 0 atom stereocenters. The minimum Gasteiger partial charge on any atom is -0.309 e. The molecule has 0 radical (unpaired) electrons. The Morgan fingerprint density at radius 3 is 2.75 bits per heavy atom. The molecule has 0 bridgehead atoms. The molecule has 1 aromatic carbocycles. The van der Waals surface area contributed by atoms with Gasteiger partial charge < -0.3 is 5.32 Å². The zero-order chi connectivity index (χ0) is 11.5. The first kappa shape index (κ1) is 12.0. The Balaban J connectivity index is 1.80. The van der Waals surface area contributed by atoms with Crippen molar-refractivity contribution in [3.63, 3.8) is 0 Å². The molecule has 16 heavy (non-hydrogen) atoms. The molecule has 0 spiro atoms. The van der Waals surface area contributed by atoms with E-state index in [9.17, 15) is 8.78 Å². The molecule has 1 N–H and O–H groups in total. The first-order valence-corrected chi connectivity index (χ1v) is 6.21. The molecule has 2 rings (SSSR count). The molecule has 0 aromatic heterocycles. The highest BCUT2D eigenvalue weighted by Crippen LogP contribution is 2.37. The molecule has 0 amide bonds. The smallest absolute Gasteiger partial charge is 0.250 e. The van der Waals surface area contributed by atoms with Crippen LogP contribution in [0, 0.1) is 0 Å². The summed E-state index contributed by atoms with van der Waals surface area (Å²) in [6.07, 6.45) is -0.322. The maximum Gasteiger partial charge on any atom is 0.250 e. The maximum absolute atomic E-state index is 12.0. The van der Waals surface area contributed by atoms with E-state index in [-0.39, 0.29) is 12.6 Å². The zero-order valence-corrected chi connectivity index (χ0v) is 10.4. The highest BCUT2D eigenvalue weighted by atomic mass is 79.9. The minimum absolute atomic E-state index is 0.185. The highest BCUT2D eigenvalue weighted by molar-refractivity contribution is 9.10. The number of nitrogens with one attached hydrogen (secondary N) is 1. The number of hydrogen-bond donors (Lipinski definition) is 1. The second kappa shape index (κ2) is 5.23. The summed E-state index contributed by atoms with van der Waals surface area (Å²) in [4.78, 5) is 0. The molecular weight excluding hydrogens is 276 g/mol. The van der Waals surface area contributed by atoms with Gasteiger partial charge in [0.15, 0.2) is 0 Å². The van der Waals surface area contributed by atoms with E-state index in [0.717, 1.165) is 17.3 Å². The topological polar surface area (TPSA) is 12.0 Å². The highest BCUT2D eigenvalue weighted by Gasteiger charge is 2.30. The van der Waals surface area contributed by atoms with Gasteiger partial charge in [-0.15, -0.1) is 0 Å². The van der Waals surface area contributed by atoms with Crippen LogP contribution < -0.4 is 5.32 Å². The summed E-state index contributed by atoms with van der Waals surface area (Å²) in [5, 5.41) is 2.87. The van der Waals surface area contributed by atoms with E-state index in [1.54, 1.807) is 0 Å². The van der Waals surface area contributed by atoms with Crippen molar-refractivity contribution in [1.82, 2.24) is 5.32 Å². The molecule has 1 aromatic rings. The maximum atomic E-state index is 12.0. The van der Waals surface area contributed by atoms with Crippen LogP contribution in [0.15, 0.2) is 28.7 Å². The van der Waals surface area contributed by atoms with Crippen LogP contribution in [0.5, 0.6) is 0 Å². The molecule has 1 fully saturated rings. The average Bonchev–Trinajstić information content (AvgIpc) is 2.14. The molecule has 88 valence electrons. The number of halogens is 3. The molecule has 0 heterocycles. The first-order valence-electron chi connectivity index (χ1n) is 5.42. The minimum atomic E-state index is -2.25. The fourth-order valence-electron chi connectivity index (χ4n) is 2.07. The second-order valence-corrected chi connectivity index (χ2v) is 5.14. The Morgan fingerprint density at radius 2 is 2.12 bits per heavy atom. The van der Waals surface area contributed by atoms with Gasteiger partial charge in [0.25, 0.3) is 6.43 Å². The van der Waals surface area contributed by atoms with Gasteiger partial charge in [0.05, 0.1) is 6.54 Å². The van der Waals surface area contributed by atoms with Crippen LogP contribution in [0.3, 0.4) is 0 Å². The first-order chi connectivity index (χ1) is 7.65. The monoisotopic (exact) mass is 289 g/mol. The van der Waals surface area contributed by atoms with Gasteiger partial charge in [0.1, 0.15) is 0 Å². The second-order valence-electron chi connectivity index (χ2n) is 4.22. The summed E-state index contributed by atoms with van der Waals surface area (Å²) in [6, 6.07) is 8.47. The van der Waals surface area contributed by atoms with E-state index in [0.29, 0.717) is 5.92 Å². The van der Waals surface area contributed by atoms with Crippen LogP contribution in [0.2, 0.25) is 0 Å². The molecule has 1 aliphatic carbocycles. The van der Waals surface area contributed by atoms with Crippen molar-refractivity contribution in [2.24, 2.45) is 0 Å². The van der Waals surface area contributed by atoms with E-state index in [1.807, 2.05) is 12.1 Å². The third-order valence-corrected chi connectivity index (χ3v) is 3.51. The van der Waals surface area contributed by atoms with Crippen molar-refractivity contribution < 1.29 is 8.78 Å². The van der Waals surface area contributed by atoms with E-state index < -0.39 is 6.43 Å². The SMILES string of the molecule is FC(F)CNC1CC(c2cccc(Br)c2)C1. The molecule has 1 nitrogen and oxygen atoms in total. The van der Waals surface area contributed by atoms with Crippen molar-refractivity contribution >= 4 is 15.9 Å². The quantitative estimate of drug-likeness (QED) is 0.894. The lowest BCUT2D eigenvalue weighted by Gasteiger charge is -2.36. The van der Waals surface area contributed by atoms with Crippen LogP contribution in [-0.2, 0) is 0 Å². The average molecular weight is 290 g/mol. The van der Waals surface area contributed by atoms with Gasteiger partial charge in [-0.25, -0.2) is 8.78 Å². The van der Waals surface area contributed by atoms with Crippen LogP contribution in [0.1, 0.15) is 24.3 Å². The summed E-state index contributed by atoms with van der Waals surface area (Å²) in [5.74, 6) is 0.521. The third kappa shape index (κ3) is 3.01. The predicted molar refractivity (Wildman–Crippen MR) is 63.9 cm³/mol. The summed E-state index contributed by atoms with van der Waals surface area (Å²) in [7, 11) is 0. The van der Waals surface area contributed by atoms with Crippen molar-refractivity contribution in [3.05, 3.63) is 34.3 Å². The van der Waals surface area contributed by atoms with E-state index in [2.05, 4.69) is 33.4 Å². The Hall–Kier alpha value is -0.480. The fraction of sp³-hybridized carbons (Fsp3) is 0.500. The predicted octanol–water partition coefficient (Wildman–Crippen LogP) is 3.55. The van der Waals surface area contributed by atoms with Gasteiger partial charge in [-0.2, -0.15) is 0 Å². The van der Waals surface area contributed by atoms with Crippen molar-refractivity contribution in [1.29, 1.82) is 0 Å². The number of hydrogen-bond acceptors (Lipinski definition) is 1. The summed E-state index contributed by atoms with van der Waals surface area (Å²) >= 11 is 3.43. The Labute approximate surface area is 102 Å². The van der Waals surface area contributed by atoms with Gasteiger partial charge in [0, 0.05) is 10.5 Å². The number of alkyl halides is 2. The van der Waals surface area contributed by atoms with Crippen LogP contribution in [0.4, 0.5) is 8.78 Å². The van der Waals surface area contributed by atoms with Crippen molar-refractivity contribution in [3.8, 4) is 0 Å². The van der Waals surface area contributed by atoms with Crippen molar-refractivity contribution in [2.45, 2.75) is 31.2 Å². The van der Waals surface area contributed by atoms with Gasteiger partial charge in [0.2, 0.25) is 0 Å². The molecule has 1 saturated carbocycles. The van der Waals surface area contributed by atoms with Crippen LogP contribution >= 0.6 is 15.9 Å². The summed E-state index contributed by atoms with van der Waals surface area (Å²) in [6.45, 7) is -0.185. The lowest BCUT2D eigenvalue weighted by molar-refractivity contribution is 0.131. The van der Waals surface area contributed by atoms with Crippen LogP contribution in [0.25, 0.3) is 0 Å². The van der Waals surface area contributed by atoms with E-state index in [4.69, 9.17) is 0 Å². The fourth-order valence-corrected chi connectivity index (χ4v) is 2.49. The Morgan fingerprint density at radius 1 is 1.38 bits per heavy atom. The molecule has 0 aliphatic heterocycles. The van der Waals surface area contributed by atoms with Crippen LogP contribution in [-0.4, -0.2) is 19.0 Å². The molecule has 4 heteroatoms. The van der Waals surface area contributed by atoms with E-state index in [1.165, 1.54) is 5.56 Å². The largest absolute Gasteiger partial charge is 0.309 e. The van der Waals surface area contributed by atoms with Gasteiger partial charge in [-0.3, -0.25) is 0 Å². The van der Waals surface area contributed by atoms with Gasteiger partial charge in [-0.1, -0.05) is 28.1 Å². The summed E-state index contributed by atoms with van der Waals surface area (Å²) in [5.41, 5.74) is 1.30. The normalized spacial score (nSPS) is 24.5. The number of benzene rings is 1. The molecule has 0 unspecified atom stereocenters. The summed E-state index contributed by atoms with van der Waals surface area (Å²) < 4.78 is 25.0. The Bertz CT molecular complexity index is 351. The molecule has 0 saturated heterocycles. The molecular formula is C12H14BrF2N. The Kier molecular flexibility index (Phi) is 3.92. The standard InChI is InChI=1S/C12H14BrF2N/c13-10-3-1-2-8(4-10)9-5-11(6-9)16-7-12(14)15/h1-4,9,11-12,16H,5-7H2. The zero-order valence-electron chi connectivity index (χ0n) is 8.80. The third-order valence-electron chi connectivity index (χ3n) is 3.02. The molecule has 1 aliphatic rings. The number of rotatable bonds is 4. The van der Waals surface area contributed by atoms with Crippen molar-refractivity contribution in [2.75, 3.05) is 6.54 Å².